The maximum atomic E-state index is 13.2. The van der Waals surface area contributed by atoms with Crippen molar-refractivity contribution in [3.63, 3.8) is 0 Å². The van der Waals surface area contributed by atoms with Crippen LogP contribution in [0.25, 0.3) is 0 Å². The number of guanidine groups is 1. The molecule has 0 radical (unpaired) electrons. The molecule has 2 amide bonds. The van der Waals surface area contributed by atoms with Crippen molar-refractivity contribution in [3.8, 4) is 0 Å². The molecule has 1 unspecified atom stereocenters. The molecule has 0 saturated carbocycles. The summed E-state index contributed by atoms with van der Waals surface area (Å²) in [4.78, 5) is 30.4. The lowest BCUT2D eigenvalue weighted by Crippen LogP contribution is -2.44. The van der Waals surface area contributed by atoms with Gasteiger partial charge in [-0.15, -0.1) is 24.0 Å². The number of hydrogen-bond donors (Lipinski definition) is 3. The molecule has 3 N–H and O–H groups in total. The predicted molar refractivity (Wildman–Crippen MR) is 126 cm³/mol. The van der Waals surface area contributed by atoms with Crippen molar-refractivity contribution >= 4 is 47.6 Å². The van der Waals surface area contributed by atoms with Gasteiger partial charge in [-0.3, -0.25) is 4.79 Å². The Morgan fingerprint density at radius 1 is 1.33 bits per heavy atom. The fourth-order valence-electron chi connectivity index (χ4n) is 2.88. The Hall–Kier alpha value is -2.11. The van der Waals surface area contributed by atoms with E-state index in [1.54, 1.807) is 6.07 Å². The fraction of sp³-hybridized carbons (Fsp3) is 0.550. The second-order valence-electron chi connectivity index (χ2n) is 7.81. The molecule has 1 aliphatic rings. The minimum absolute atomic E-state index is 0. The molecular formula is C20H31FIN5O3. The quantitative estimate of drug-likeness (QED) is 0.306. The number of hydrogen-bond acceptors (Lipinski definition) is 4. The molecule has 0 aromatic heterocycles. The zero-order chi connectivity index (χ0) is 21.4. The second-order valence-corrected chi connectivity index (χ2v) is 7.81. The molecule has 1 saturated heterocycles. The number of nitrogens with one attached hydrogen (secondary N) is 3. The number of rotatable bonds is 5. The Labute approximate surface area is 194 Å². The summed E-state index contributed by atoms with van der Waals surface area (Å²) in [6.45, 7) is 9.20. The van der Waals surface area contributed by atoms with Crippen molar-refractivity contribution in [2.45, 2.75) is 45.8 Å². The van der Waals surface area contributed by atoms with E-state index in [9.17, 15) is 14.0 Å². The molecule has 0 spiro atoms. The second kappa shape index (κ2) is 11.9. The highest BCUT2D eigenvalue weighted by Crippen LogP contribution is 2.12. The number of carbonyl (C=O) groups is 2. The Morgan fingerprint density at radius 3 is 2.70 bits per heavy atom. The average Bonchev–Trinajstić information content (AvgIpc) is 3.05. The highest BCUT2D eigenvalue weighted by molar-refractivity contribution is 14.0. The molecule has 30 heavy (non-hydrogen) atoms. The van der Waals surface area contributed by atoms with Crippen LogP contribution in [0.1, 0.15) is 34.1 Å². The Bertz CT molecular complexity index is 754. The van der Waals surface area contributed by atoms with E-state index in [-0.39, 0.29) is 42.5 Å². The van der Waals surface area contributed by atoms with E-state index in [1.165, 1.54) is 18.2 Å². The number of halogens is 2. The topological polar surface area (TPSA) is 95.1 Å². The molecule has 1 heterocycles. The largest absolute Gasteiger partial charge is 0.444 e. The van der Waals surface area contributed by atoms with Crippen LogP contribution < -0.4 is 16.0 Å². The summed E-state index contributed by atoms with van der Waals surface area (Å²) >= 11 is 0. The zero-order valence-corrected chi connectivity index (χ0v) is 20.2. The number of alkyl carbamates (subject to hydrolysis) is 1. The van der Waals surface area contributed by atoms with Crippen LogP contribution in [-0.2, 0) is 9.53 Å². The number of ether oxygens (including phenoxy) is 1. The molecule has 10 heteroatoms. The molecule has 8 nitrogen and oxygen atoms in total. The van der Waals surface area contributed by atoms with Gasteiger partial charge in [0, 0.05) is 25.3 Å². The first-order valence-electron chi connectivity index (χ1n) is 9.74. The van der Waals surface area contributed by atoms with Gasteiger partial charge in [0.05, 0.1) is 6.04 Å². The predicted octanol–water partition coefficient (Wildman–Crippen LogP) is 2.95. The van der Waals surface area contributed by atoms with E-state index in [0.29, 0.717) is 31.3 Å². The minimum Gasteiger partial charge on any atom is -0.444 e. The lowest BCUT2D eigenvalue weighted by Gasteiger charge is -2.23. The lowest BCUT2D eigenvalue weighted by atomic mass is 10.2. The van der Waals surface area contributed by atoms with Crippen LogP contribution in [0.5, 0.6) is 0 Å². The highest BCUT2D eigenvalue weighted by Gasteiger charge is 2.28. The first kappa shape index (κ1) is 25.9. The van der Waals surface area contributed by atoms with Crippen LogP contribution in [0.4, 0.5) is 14.9 Å². The lowest BCUT2D eigenvalue weighted by molar-refractivity contribution is -0.114. The van der Waals surface area contributed by atoms with Crippen LogP contribution in [0.15, 0.2) is 29.3 Å². The third-order valence-corrected chi connectivity index (χ3v) is 4.02. The van der Waals surface area contributed by atoms with Crippen molar-refractivity contribution in [1.82, 2.24) is 15.5 Å². The van der Waals surface area contributed by atoms with Gasteiger partial charge in [-0.05, 0) is 52.3 Å². The summed E-state index contributed by atoms with van der Waals surface area (Å²) in [7, 11) is 0. The van der Waals surface area contributed by atoms with Gasteiger partial charge >= 0.3 is 6.09 Å². The average molecular weight is 535 g/mol. The third-order valence-electron chi connectivity index (χ3n) is 4.02. The maximum absolute atomic E-state index is 13.2. The van der Waals surface area contributed by atoms with Gasteiger partial charge in [0.1, 0.15) is 18.0 Å². The van der Waals surface area contributed by atoms with Gasteiger partial charge < -0.3 is 25.6 Å². The normalized spacial score (nSPS) is 16.5. The van der Waals surface area contributed by atoms with Crippen LogP contribution >= 0.6 is 24.0 Å². The molecule has 1 fully saturated rings. The summed E-state index contributed by atoms with van der Waals surface area (Å²) in [6, 6.07) is 5.64. The SMILES string of the molecule is CCNC(=NCC(=O)Nc1cccc(F)c1)N1CCC(NC(=O)OC(C)(C)C)C1.I. The van der Waals surface area contributed by atoms with Gasteiger partial charge in [-0.25, -0.2) is 14.2 Å². The number of benzene rings is 1. The molecule has 1 aromatic carbocycles. The molecule has 1 aromatic rings. The third kappa shape index (κ3) is 9.14. The van der Waals surface area contributed by atoms with Crippen molar-refractivity contribution in [2.75, 3.05) is 31.5 Å². The Kier molecular flexibility index (Phi) is 10.3. The van der Waals surface area contributed by atoms with E-state index in [4.69, 9.17) is 4.74 Å². The maximum Gasteiger partial charge on any atom is 0.407 e. The Balaban J connectivity index is 0.00000450. The van der Waals surface area contributed by atoms with Crippen LogP contribution in [0, 0.1) is 5.82 Å². The number of carbonyl (C=O) groups excluding carboxylic acids is 2. The summed E-state index contributed by atoms with van der Waals surface area (Å²) in [5.74, 6) is -0.163. The zero-order valence-electron chi connectivity index (χ0n) is 17.8. The molecule has 1 aliphatic heterocycles. The fourth-order valence-corrected chi connectivity index (χ4v) is 2.88. The molecule has 0 bridgehead atoms. The van der Waals surface area contributed by atoms with Gasteiger partial charge in [-0.2, -0.15) is 0 Å². The standard InChI is InChI=1S/C20H30FN5O3.HI/c1-5-22-18(23-12-17(27)24-15-8-6-7-14(21)11-15)26-10-9-16(13-26)25-19(28)29-20(2,3)4;/h6-8,11,16H,5,9-10,12-13H2,1-4H3,(H,22,23)(H,24,27)(H,25,28);1H. The van der Waals surface area contributed by atoms with Crippen LogP contribution in [0.2, 0.25) is 0 Å². The first-order chi connectivity index (χ1) is 13.7. The van der Waals surface area contributed by atoms with E-state index in [1.807, 2.05) is 32.6 Å². The van der Waals surface area contributed by atoms with Gasteiger partial charge in [0.2, 0.25) is 5.91 Å². The van der Waals surface area contributed by atoms with E-state index < -0.39 is 17.5 Å². The Morgan fingerprint density at radius 2 is 2.07 bits per heavy atom. The number of aliphatic imine (C=N–C) groups is 1. The number of nitrogens with zero attached hydrogens (tertiary/aromatic N) is 2. The number of anilines is 1. The van der Waals surface area contributed by atoms with Crippen molar-refractivity contribution in [3.05, 3.63) is 30.1 Å². The smallest absolute Gasteiger partial charge is 0.407 e. The van der Waals surface area contributed by atoms with Crippen molar-refractivity contribution in [2.24, 2.45) is 4.99 Å². The first-order valence-corrected chi connectivity index (χ1v) is 9.74. The van der Waals surface area contributed by atoms with Crippen LogP contribution in [0.3, 0.4) is 0 Å². The highest BCUT2D eigenvalue weighted by atomic mass is 127. The molecule has 0 aliphatic carbocycles. The van der Waals surface area contributed by atoms with E-state index in [2.05, 4.69) is 20.9 Å². The van der Waals surface area contributed by atoms with Gasteiger partial charge in [0.15, 0.2) is 5.96 Å². The van der Waals surface area contributed by atoms with Gasteiger partial charge in [0.25, 0.3) is 0 Å². The molecule has 2 rings (SSSR count). The number of likely N-dealkylation sites (tertiary alicyclic amines) is 1. The number of amides is 2. The monoisotopic (exact) mass is 535 g/mol. The summed E-state index contributed by atoms with van der Waals surface area (Å²) in [6.07, 6.45) is 0.305. The van der Waals surface area contributed by atoms with Crippen LogP contribution in [-0.4, -0.2) is 60.7 Å². The van der Waals surface area contributed by atoms with Crippen molar-refractivity contribution in [1.29, 1.82) is 0 Å². The molecule has 1 atom stereocenters. The summed E-state index contributed by atoms with van der Waals surface area (Å²) < 4.78 is 18.5. The summed E-state index contributed by atoms with van der Waals surface area (Å²) in [5.41, 5.74) is -0.161. The van der Waals surface area contributed by atoms with E-state index in [0.717, 1.165) is 6.42 Å². The molecule has 168 valence electrons. The summed E-state index contributed by atoms with van der Waals surface area (Å²) in [5, 5.41) is 8.64. The van der Waals surface area contributed by atoms with Gasteiger partial charge in [-0.1, -0.05) is 6.07 Å². The van der Waals surface area contributed by atoms with E-state index >= 15 is 0 Å². The van der Waals surface area contributed by atoms with Crippen molar-refractivity contribution < 1.29 is 18.7 Å². The molecular weight excluding hydrogens is 504 g/mol. The minimum atomic E-state index is -0.548.